The van der Waals surface area contributed by atoms with Crippen LogP contribution in [0.4, 0.5) is 5.69 Å². The second kappa shape index (κ2) is 8.44. The van der Waals surface area contributed by atoms with Gasteiger partial charge in [-0.1, -0.05) is 30.3 Å². The van der Waals surface area contributed by atoms with Crippen LogP contribution in [0.3, 0.4) is 0 Å². The van der Waals surface area contributed by atoms with E-state index in [-0.39, 0.29) is 12.7 Å². The van der Waals surface area contributed by atoms with Crippen LogP contribution in [0.2, 0.25) is 0 Å². The Morgan fingerprint density at radius 1 is 1.04 bits per heavy atom. The van der Waals surface area contributed by atoms with E-state index in [0.29, 0.717) is 12.2 Å². The molecule has 0 aliphatic carbocycles. The van der Waals surface area contributed by atoms with Gasteiger partial charge in [-0.05, 0) is 56.0 Å². The van der Waals surface area contributed by atoms with Crippen LogP contribution in [0.15, 0.2) is 48.5 Å². The predicted molar refractivity (Wildman–Crippen MR) is 105 cm³/mol. The van der Waals surface area contributed by atoms with E-state index in [1.807, 2.05) is 18.2 Å². The van der Waals surface area contributed by atoms with Crippen LogP contribution in [0.5, 0.6) is 11.5 Å². The first kappa shape index (κ1) is 17.9. The number of nitrogens with one attached hydrogen (secondary N) is 1. The first-order valence-electron chi connectivity index (χ1n) is 9.72. The number of ether oxygens (including phenoxy) is 2. The third-order valence-electron chi connectivity index (χ3n) is 5.39. The van der Waals surface area contributed by atoms with Crippen molar-refractivity contribution in [1.82, 2.24) is 4.90 Å². The summed E-state index contributed by atoms with van der Waals surface area (Å²) in [5, 5.41) is 2.95. The van der Waals surface area contributed by atoms with Gasteiger partial charge in [0.15, 0.2) is 11.5 Å². The molecule has 4 rings (SSSR count). The van der Waals surface area contributed by atoms with Crippen molar-refractivity contribution in [3.8, 4) is 11.5 Å². The fourth-order valence-corrected chi connectivity index (χ4v) is 3.82. The molecule has 0 unspecified atom stereocenters. The minimum atomic E-state index is 0.0419. The molecule has 2 heterocycles. The average molecular weight is 366 g/mol. The lowest BCUT2D eigenvalue weighted by Gasteiger charge is -2.31. The summed E-state index contributed by atoms with van der Waals surface area (Å²) in [4.78, 5) is 14.7. The summed E-state index contributed by atoms with van der Waals surface area (Å²) in [6.45, 7) is 3.21. The largest absolute Gasteiger partial charge is 0.454 e. The summed E-state index contributed by atoms with van der Waals surface area (Å²) in [7, 11) is 0. The van der Waals surface area contributed by atoms with E-state index in [1.165, 1.54) is 24.8 Å². The molecule has 1 amide bonds. The number of rotatable bonds is 6. The maximum Gasteiger partial charge on any atom is 0.231 e. The zero-order valence-electron chi connectivity index (χ0n) is 15.5. The van der Waals surface area contributed by atoms with Gasteiger partial charge < -0.3 is 19.7 Å². The summed E-state index contributed by atoms with van der Waals surface area (Å²) in [5.41, 5.74) is 2.19. The molecular formula is C22H26N2O3. The molecule has 1 saturated heterocycles. The van der Waals surface area contributed by atoms with Crippen LogP contribution < -0.4 is 14.8 Å². The van der Waals surface area contributed by atoms with E-state index in [2.05, 4.69) is 40.5 Å². The molecular weight excluding hydrogens is 340 g/mol. The molecule has 142 valence electrons. The second-order valence-electron chi connectivity index (χ2n) is 7.34. The lowest BCUT2D eigenvalue weighted by Crippen LogP contribution is -2.36. The van der Waals surface area contributed by atoms with Gasteiger partial charge in [-0.3, -0.25) is 4.79 Å². The monoisotopic (exact) mass is 366 g/mol. The van der Waals surface area contributed by atoms with E-state index >= 15 is 0 Å². The molecule has 2 aliphatic heterocycles. The number of hydrogen-bond donors (Lipinski definition) is 1. The number of hydrogen-bond acceptors (Lipinski definition) is 4. The second-order valence-corrected chi connectivity index (χ2v) is 7.34. The number of piperidine rings is 1. The van der Waals surface area contributed by atoms with E-state index in [0.717, 1.165) is 37.0 Å². The highest BCUT2D eigenvalue weighted by atomic mass is 16.7. The quantitative estimate of drug-likeness (QED) is 0.847. The van der Waals surface area contributed by atoms with Crippen molar-refractivity contribution in [2.45, 2.75) is 25.7 Å². The zero-order valence-corrected chi connectivity index (χ0v) is 15.5. The molecule has 0 aromatic heterocycles. The van der Waals surface area contributed by atoms with Gasteiger partial charge in [-0.2, -0.15) is 0 Å². The van der Waals surface area contributed by atoms with Crippen molar-refractivity contribution in [1.29, 1.82) is 0 Å². The highest BCUT2D eigenvalue weighted by Crippen LogP contribution is 2.34. The molecule has 2 aliphatic rings. The van der Waals surface area contributed by atoms with E-state index in [9.17, 15) is 4.79 Å². The summed E-state index contributed by atoms with van der Waals surface area (Å²) < 4.78 is 10.6. The Hall–Kier alpha value is -2.53. The number of carbonyl (C=O) groups is 1. The normalized spacial score (nSPS) is 17.0. The highest BCUT2D eigenvalue weighted by molar-refractivity contribution is 5.91. The number of nitrogens with zero attached hydrogens (tertiary/aromatic N) is 1. The molecule has 0 saturated carbocycles. The Labute approximate surface area is 160 Å². The lowest BCUT2D eigenvalue weighted by molar-refractivity contribution is -0.116. The van der Waals surface area contributed by atoms with Gasteiger partial charge in [0.05, 0.1) is 0 Å². The van der Waals surface area contributed by atoms with Crippen LogP contribution in [-0.2, 0) is 11.2 Å². The Bertz CT molecular complexity index is 770. The van der Waals surface area contributed by atoms with Crippen LogP contribution >= 0.6 is 0 Å². The molecule has 0 atom stereocenters. The zero-order chi connectivity index (χ0) is 18.5. The van der Waals surface area contributed by atoms with Gasteiger partial charge >= 0.3 is 0 Å². The number of benzene rings is 2. The van der Waals surface area contributed by atoms with Crippen LogP contribution in [0, 0.1) is 5.92 Å². The summed E-state index contributed by atoms with van der Waals surface area (Å²) >= 11 is 0. The van der Waals surface area contributed by atoms with Crippen LogP contribution in [0.25, 0.3) is 0 Å². The third-order valence-corrected chi connectivity index (χ3v) is 5.39. The Balaban J connectivity index is 1.18. The van der Waals surface area contributed by atoms with Crippen molar-refractivity contribution in [3.63, 3.8) is 0 Å². The predicted octanol–water partition coefficient (Wildman–Crippen LogP) is 3.70. The van der Waals surface area contributed by atoms with E-state index in [1.54, 1.807) is 0 Å². The molecule has 27 heavy (non-hydrogen) atoms. The van der Waals surface area contributed by atoms with Gasteiger partial charge in [0.2, 0.25) is 12.7 Å². The SMILES string of the molecule is O=C(CCN1CCC(Cc2ccccc2)CC1)Nc1ccc2c(c1)OCO2. The topological polar surface area (TPSA) is 50.8 Å². The molecule has 5 nitrogen and oxygen atoms in total. The van der Waals surface area contributed by atoms with Crippen molar-refractivity contribution in [3.05, 3.63) is 54.1 Å². The smallest absolute Gasteiger partial charge is 0.231 e. The fraction of sp³-hybridized carbons (Fsp3) is 0.409. The van der Waals surface area contributed by atoms with E-state index < -0.39 is 0 Å². The van der Waals surface area contributed by atoms with Crippen molar-refractivity contribution < 1.29 is 14.3 Å². The summed E-state index contributed by atoms with van der Waals surface area (Å²) in [5.74, 6) is 2.21. The van der Waals surface area contributed by atoms with Gasteiger partial charge in [0.1, 0.15) is 0 Å². The molecule has 0 radical (unpaired) electrons. The Morgan fingerprint density at radius 2 is 1.81 bits per heavy atom. The number of likely N-dealkylation sites (tertiary alicyclic amines) is 1. The van der Waals surface area contributed by atoms with Crippen LogP contribution in [0.1, 0.15) is 24.8 Å². The maximum absolute atomic E-state index is 12.3. The number of amides is 1. The minimum Gasteiger partial charge on any atom is -0.454 e. The lowest BCUT2D eigenvalue weighted by atomic mass is 9.90. The number of fused-ring (bicyclic) bond motifs is 1. The highest BCUT2D eigenvalue weighted by Gasteiger charge is 2.20. The van der Waals surface area contributed by atoms with Crippen molar-refractivity contribution >= 4 is 11.6 Å². The molecule has 1 fully saturated rings. The van der Waals surface area contributed by atoms with Gasteiger partial charge in [0.25, 0.3) is 0 Å². The minimum absolute atomic E-state index is 0.0419. The molecule has 5 heteroatoms. The maximum atomic E-state index is 12.3. The van der Waals surface area contributed by atoms with Gasteiger partial charge in [0, 0.05) is 24.7 Å². The number of anilines is 1. The fourth-order valence-electron chi connectivity index (χ4n) is 3.82. The van der Waals surface area contributed by atoms with Crippen LogP contribution in [-0.4, -0.2) is 37.2 Å². The molecule has 0 spiro atoms. The standard InChI is InChI=1S/C22H26N2O3/c25-22(23-19-6-7-20-21(15-19)27-16-26-20)10-13-24-11-8-18(9-12-24)14-17-4-2-1-3-5-17/h1-7,15,18H,8-14,16H2,(H,23,25). The average Bonchev–Trinajstić information content (AvgIpc) is 3.16. The molecule has 2 aromatic carbocycles. The number of carbonyl (C=O) groups excluding carboxylic acids is 1. The first-order chi connectivity index (χ1) is 13.3. The third kappa shape index (κ3) is 4.80. The Morgan fingerprint density at radius 3 is 2.63 bits per heavy atom. The first-order valence-corrected chi connectivity index (χ1v) is 9.72. The molecule has 1 N–H and O–H groups in total. The van der Waals surface area contributed by atoms with Gasteiger partial charge in [-0.25, -0.2) is 0 Å². The Kier molecular flexibility index (Phi) is 5.58. The molecule has 2 aromatic rings. The van der Waals surface area contributed by atoms with Crippen molar-refractivity contribution in [2.24, 2.45) is 5.92 Å². The summed E-state index contributed by atoms with van der Waals surface area (Å²) in [6.07, 6.45) is 4.09. The summed E-state index contributed by atoms with van der Waals surface area (Å²) in [6, 6.07) is 16.2. The molecule has 0 bridgehead atoms. The van der Waals surface area contributed by atoms with Crippen molar-refractivity contribution in [2.75, 3.05) is 31.7 Å². The van der Waals surface area contributed by atoms with E-state index in [4.69, 9.17) is 9.47 Å². The van der Waals surface area contributed by atoms with Gasteiger partial charge in [-0.15, -0.1) is 0 Å².